The zero-order chi connectivity index (χ0) is 13.2. The number of pyridine rings is 1. The molecule has 0 unspecified atom stereocenters. The Balaban J connectivity index is 1.82. The predicted molar refractivity (Wildman–Crippen MR) is 78.4 cm³/mol. The van der Waals surface area contributed by atoms with E-state index in [1.165, 1.54) is 17.5 Å². The third kappa shape index (κ3) is 2.54. The number of benzene rings is 1. The second-order valence-corrected chi connectivity index (χ2v) is 5.48. The number of fused-ring (bicyclic) bond motifs is 1. The van der Waals surface area contributed by atoms with Crippen LogP contribution in [0.5, 0.6) is 0 Å². The molecule has 4 heteroatoms. The molecule has 1 aromatic heterocycles. The largest absolute Gasteiger partial charge is 0.321 e. The molecule has 0 saturated carbocycles. The van der Waals surface area contributed by atoms with Crippen molar-refractivity contribution in [2.75, 3.05) is 5.32 Å². The zero-order valence-electron chi connectivity index (χ0n) is 10.3. The fraction of sp³-hybridized carbons (Fsp3) is 0.200. The van der Waals surface area contributed by atoms with Crippen LogP contribution in [0.1, 0.15) is 28.0 Å². The van der Waals surface area contributed by atoms with Crippen molar-refractivity contribution in [3.63, 3.8) is 0 Å². The van der Waals surface area contributed by atoms with E-state index in [0.29, 0.717) is 10.2 Å². The molecule has 1 amide bonds. The van der Waals surface area contributed by atoms with Crippen LogP contribution in [-0.4, -0.2) is 10.9 Å². The van der Waals surface area contributed by atoms with E-state index in [2.05, 4.69) is 38.4 Å². The van der Waals surface area contributed by atoms with Crippen molar-refractivity contribution in [3.8, 4) is 0 Å². The molecule has 3 nitrogen and oxygen atoms in total. The molecule has 1 aliphatic carbocycles. The summed E-state index contributed by atoms with van der Waals surface area (Å²) in [6.45, 7) is 0. The molecule has 1 aromatic carbocycles. The minimum Gasteiger partial charge on any atom is -0.321 e. The standard InChI is InChI=1S/C15H13BrN2O/c16-13-5-2-8-17-14(13)15(19)18-12-7-6-10-3-1-4-11(10)9-12/h2,5-9H,1,3-4H2,(H,18,19). The third-order valence-electron chi connectivity index (χ3n) is 3.33. The average molecular weight is 317 g/mol. The second kappa shape index (κ2) is 5.13. The van der Waals surface area contributed by atoms with Crippen molar-refractivity contribution in [2.45, 2.75) is 19.3 Å². The number of nitrogens with zero attached hydrogens (tertiary/aromatic N) is 1. The molecule has 96 valence electrons. The monoisotopic (exact) mass is 316 g/mol. The number of hydrogen-bond donors (Lipinski definition) is 1. The summed E-state index contributed by atoms with van der Waals surface area (Å²) in [5.41, 5.74) is 3.99. The van der Waals surface area contributed by atoms with Gasteiger partial charge in [-0.25, -0.2) is 4.98 Å². The van der Waals surface area contributed by atoms with Crippen molar-refractivity contribution in [2.24, 2.45) is 0 Å². The van der Waals surface area contributed by atoms with Crippen molar-refractivity contribution in [1.29, 1.82) is 0 Å². The minimum absolute atomic E-state index is 0.189. The van der Waals surface area contributed by atoms with Gasteiger partial charge in [0.25, 0.3) is 5.91 Å². The van der Waals surface area contributed by atoms with Gasteiger partial charge in [0.1, 0.15) is 5.69 Å². The molecule has 3 rings (SSSR count). The van der Waals surface area contributed by atoms with Gasteiger partial charge in [-0.2, -0.15) is 0 Å². The molecule has 0 bridgehead atoms. The zero-order valence-corrected chi connectivity index (χ0v) is 11.9. The van der Waals surface area contributed by atoms with Crippen LogP contribution < -0.4 is 5.32 Å². The molecule has 1 aliphatic rings. The Bertz CT molecular complexity index is 640. The highest BCUT2D eigenvalue weighted by Crippen LogP contribution is 2.25. The Hall–Kier alpha value is -1.68. The van der Waals surface area contributed by atoms with Crippen molar-refractivity contribution in [1.82, 2.24) is 4.98 Å². The van der Waals surface area contributed by atoms with E-state index >= 15 is 0 Å². The molecule has 0 aliphatic heterocycles. The van der Waals surface area contributed by atoms with Gasteiger partial charge in [-0.15, -0.1) is 0 Å². The fourth-order valence-electron chi connectivity index (χ4n) is 2.39. The normalized spacial score (nSPS) is 13.1. The Morgan fingerprint density at radius 2 is 2.05 bits per heavy atom. The maximum absolute atomic E-state index is 12.1. The lowest BCUT2D eigenvalue weighted by molar-refractivity contribution is 0.102. The molecule has 0 fully saturated rings. The van der Waals surface area contributed by atoms with E-state index < -0.39 is 0 Å². The topological polar surface area (TPSA) is 42.0 Å². The van der Waals surface area contributed by atoms with E-state index in [1.807, 2.05) is 12.1 Å². The molecule has 2 aromatic rings. The van der Waals surface area contributed by atoms with E-state index in [0.717, 1.165) is 18.5 Å². The average Bonchev–Trinajstić information content (AvgIpc) is 2.86. The van der Waals surface area contributed by atoms with Crippen molar-refractivity contribution in [3.05, 3.63) is 57.8 Å². The summed E-state index contributed by atoms with van der Waals surface area (Å²) in [5, 5.41) is 2.90. The molecular weight excluding hydrogens is 304 g/mol. The van der Waals surface area contributed by atoms with Gasteiger partial charge in [0, 0.05) is 16.4 Å². The van der Waals surface area contributed by atoms with Crippen LogP contribution >= 0.6 is 15.9 Å². The molecule has 19 heavy (non-hydrogen) atoms. The molecule has 1 N–H and O–H groups in total. The quantitative estimate of drug-likeness (QED) is 0.920. The van der Waals surface area contributed by atoms with Crippen LogP contribution in [-0.2, 0) is 12.8 Å². The van der Waals surface area contributed by atoms with Gasteiger partial charge in [-0.3, -0.25) is 4.79 Å². The number of amides is 1. The number of rotatable bonds is 2. The Morgan fingerprint density at radius 3 is 2.89 bits per heavy atom. The summed E-state index contributed by atoms with van der Waals surface area (Å²) in [5.74, 6) is -0.189. The highest BCUT2D eigenvalue weighted by Gasteiger charge is 2.14. The number of aromatic nitrogens is 1. The predicted octanol–water partition coefficient (Wildman–Crippen LogP) is 3.59. The number of carbonyl (C=O) groups is 1. The number of anilines is 1. The summed E-state index contributed by atoms with van der Waals surface area (Å²) < 4.78 is 0.702. The molecule has 0 radical (unpaired) electrons. The first kappa shape index (κ1) is 12.4. The number of nitrogens with one attached hydrogen (secondary N) is 1. The molecule has 0 saturated heterocycles. The lowest BCUT2D eigenvalue weighted by Crippen LogP contribution is -2.14. The molecule has 0 spiro atoms. The number of halogens is 1. The van der Waals surface area contributed by atoms with Crippen molar-refractivity contribution >= 4 is 27.5 Å². The van der Waals surface area contributed by atoms with Crippen LogP contribution in [0.3, 0.4) is 0 Å². The Labute approximate surface area is 120 Å². The van der Waals surface area contributed by atoms with Gasteiger partial charge >= 0.3 is 0 Å². The maximum Gasteiger partial charge on any atom is 0.275 e. The number of aryl methyl sites for hydroxylation is 2. The van der Waals surface area contributed by atoms with E-state index in [-0.39, 0.29) is 5.91 Å². The second-order valence-electron chi connectivity index (χ2n) is 4.62. The van der Waals surface area contributed by atoms with Gasteiger partial charge in [0.15, 0.2) is 0 Å². The highest BCUT2D eigenvalue weighted by molar-refractivity contribution is 9.10. The van der Waals surface area contributed by atoms with E-state index in [1.54, 1.807) is 12.3 Å². The van der Waals surface area contributed by atoms with Crippen LogP contribution in [0.15, 0.2) is 41.0 Å². The lowest BCUT2D eigenvalue weighted by atomic mass is 10.1. The Morgan fingerprint density at radius 1 is 1.21 bits per heavy atom. The summed E-state index contributed by atoms with van der Waals surface area (Å²) in [6, 6.07) is 9.72. The van der Waals surface area contributed by atoms with Crippen molar-refractivity contribution < 1.29 is 4.79 Å². The maximum atomic E-state index is 12.1. The molecule has 1 heterocycles. The van der Waals surface area contributed by atoms with Gasteiger partial charge in [0.05, 0.1) is 0 Å². The van der Waals surface area contributed by atoms with Crippen LogP contribution in [0.2, 0.25) is 0 Å². The summed E-state index contributed by atoms with van der Waals surface area (Å²) >= 11 is 3.34. The van der Waals surface area contributed by atoms with Crippen LogP contribution in [0, 0.1) is 0 Å². The van der Waals surface area contributed by atoms with E-state index in [4.69, 9.17) is 0 Å². The van der Waals surface area contributed by atoms with Gasteiger partial charge in [-0.1, -0.05) is 6.07 Å². The minimum atomic E-state index is -0.189. The summed E-state index contributed by atoms with van der Waals surface area (Å²) in [7, 11) is 0. The fourth-order valence-corrected chi connectivity index (χ4v) is 2.83. The first-order valence-electron chi connectivity index (χ1n) is 6.28. The molecule has 0 atom stereocenters. The first-order chi connectivity index (χ1) is 9.24. The van der Waals surface area contributed by atoms with Gasteiger partial charge in [-0.05, 0) is 70.6 Å². The summed E-state index contributed by atoms with van der Waals surface area (Å²) in [4.78, 5) is 16.2. The van der Waals surface area contributed by atoms with Crippen LogP contribution in [0.25, 0.3) is 0 Å². The van der Waals surface area contributed by atoms with Gasteiger partial charge < -0.3 is 5.32 Å². The number of carbonyl (C=O) groups excluding carboxylic acids is 1. The SMILES string of the molecule is O=C(Nc1ccc2c(c1)CCC2)c1ncccc1Br. The van der Waals surface area contributed by atoms with Crippen LogP contribution in [0.4, 0.5) is 5.69 Å². The van der Waals surface area contributed by atoms with Gasteiger partial charge in [0.2, 0.25) is 0 Å². The smallest absolute Gasteiger partial charge is 0.275 e. The highest BCUT2D eigenvalue weighted by atomic mass is 79.9. The lowest BCUT2D eigenvalue weighted by Gasteiger charge is -2.08. The molecular formula is C15H13BrN2O. The van der Waals surface area contributed by atoms with E-state index in [9.17, 15) is 4.79 Å². The number of hydrogen-bond acceptors (Lipinski definition) is 2. The summed E-state index contributed by atoms with van der Waals surface area (Å²) in [6.07, 6.45) is 5.07. The third-order valence-corrected chi connectivity index (χ3v) is 3.97. The first-order valence-corrected chi connectivity index (χ1v) is 7.07. The Kier molecular flexibility index (Phi) is 3.34.